The molecule has 16 heteroatoms. The monoisotopic (exact) mass is 727 g/mol. The van der Waals surface area contributed by atoms with Crippen molar-refractivity contribution in [3.63, 3.8) is 0 Å². The SMILES string of the molecule is O=C(NC1CCCCC1C(=O)OC(C(F)(F)F)C(F)(F)S(=O)(=O)O)c1cc(I)cc(I)c1O. The van der Waals surface area contributed by atoms with Crippen LogP contribution in [0.25, 0.3) is 0 Å². The standard InChI is InChI=1S/C17H16F5I2NO7S/c18-16(19,20)15(17(21,22)33(29,30)31)32-14(28)8-3-1-2-4-11(8)25-13(27)9-5-7(23)6-10(24)12(9)26/h5-6,8,11,15,26H,1-4H2,(H,25,27)(H,29,30,31). The second kappa shape index (κ2) is 10.3. The van der Waals surface area contributed by atoms with Crippen molar-refractivity contribution in [3.05, 3.63) is 24.8 Å². The molecule has 0 aliphatic heterocycles. The summed E-state index contributed by atoms with van der Waals surface area (Å²) in [6, 6.07) is 1.76. The Labute approximate surface area is 211 Å². The van der Waals surface area contributed by atoms with Crippen LogP contribution in [-0.4, -0.2) is 53.5 Å². The van der Waals surface area contributed by atoms with E-state index in [4.69, 9.17) is 4.55 Å². The number of hydrogen-bond donors (Lipinski definition) is 3. The van der Waals surface area contributed by atoms with E-state index in [1.807, 2.05) is 22.6 Å². The molecule has 2 rings (SSSR count). The van der Waals surface area contributed by atoms with Crippen molar-refractivity contribution < 1.29 is 54.4 Å². The van der Waals surface area contributed by atoms with Crippen LogP contribution in [-0.2, 0) is 19.6 Å². The quantitative estimate of drug-likeness (QED) is 0.176. The van der Waals surface area contributed by atoms with Gasteiger partial charge in [0.2, 0.25) is 0 Å². The Balaban J connectivity index is 2.28. The molecule has 3 atom stereocenters. The first-order chi connectivity index (χ1) is 15.0. The highest BCUT2D eigenvalue weighted by Gasteiger charge is 2.66. The zero-order valence-corrected chi connectivity index (χ0v) is 21.3. The number of carbonyl (C=O) groups excluding carboxylic acids is 2. The Morgan fingerprint density at radius 1 is 1.12 bits per heavy atom. The lowest BCUT2D eigenvalue weighted by atomic mass is 9.84. The van der Waals surface area contributed by atoms with E-state index in [2.05, 4.69) is 10.1 Å². The molecular formula is C17H16F5I2NO7S. The summed E-state index contributed by atoms with van der Waals surface area (Å²) in [5, 5.41) is 6.67. The summed E-state index contributed by atoms with van der Waals surface area (Å²) in [7, 11) is -6.57. The zero-order valence-electron chi connectivity index (χ0n) is 16.2. The number of rotatable bonds is 6. The molecule has 0 bridgehead atoms. The van der Waals surface area contributed by atoms with Gasteiger partial charge in [-0.2, -0.15) is 30.4 Å². The predicted octanol–water partition coefficient (Wildman–Crippen LogP) is 3.84. The van der Waals surface area contributed by atoms with Gasteiger partial charge in [-0.05, 0) is 70.2 Å². The molecule has 0 heterocycles. The fraction of sp³-hybridized carbons (Fsp3) is 0.529. The van der Waals surface area contributed by atoms with E-state index < -0.39 is 51.5 Å². The lowest BCUT2D eigenvalue weighted by molar-refractivity contribution is -0.261. The molecule has 0 radical (unpaired) electrons. The van der Waals surface area contributed by atoms with Gasteiger partial charge in [0.25, 0.3) is 12.0 Å². The van der Waals surface area contributed by atoms with Crippen LogP contribution in [0.3, 0.4) is 0 Å². The predicted molar refractivity (Wildman–Crippen MR) is 119 cm³/mol. The van der Waals surface area contributed by atoms with E-state index in [0.29, 0.717) is 20.0 Å². The molecule has 0 spiro atoms. The van der Waals surface area contributed by atoms with Crippen molar-refractivity contribution in [2.24, 2.45) is 5.92 Å². The maximum atomic E-state index is 13.7. The number of alkyl halides is 5. The van der Waals surface area contributed by atoms with Crippen molar-refractivity contribution in [2.75, 3.05) is 0 Å². The van der Waals surface area contributed by atoms with Crippen molar-refractivity contribution in [3.8, 4) is 5.75 Å². The average Bonchev–Trinajstić information content (AvgIpc) is 2.67. The summed E-state index contributed by atoms with van der Waals surface area (Å²) >= 11 is 3.66. The Morgan fingerprint density at radius 3 is 2.24 bits per heavy atom. The molecule has 1 amide bonds. The van der Waals surface area contributed by atoms with E-state index in [1.165, 1.54) is 6.07 Å². The maximum absolute atomic E-state index is 13.7. The van der Waals surface area contributed by atoms with Gasteiger partial charge in [-0.3, -0.25) is 14.1 Å². The molecule has 1 aliphatic rings. The molecule has 1 saturated carbocycles. The van der Waals surface area contributed by atoms with E-state index in [0.717, 1.165) is 0 Å². The third kappa shape index (κ3) is 6.56. The van der Waals surface area contributed by atoms with Crippen molar-refractivity contribution in [1.82, 2.24) is 5.32 Å². The summed E-state index contributed by atoms with van der Waals surface area (Å²) < 4.78 is 102. The number of halogens is 7. The third-order valence-corrected chi connectivity index (χ3v) is 7.19. The van der Waals surface area contributed by atoms with Gasteiger partial charge in [0.1, 0.15) is 5.75 Å². The summed E-state index contributed by atoms with van der Waals surface area (Å²) in [6.07, 6.45) is -9.79. The van der Waals surface area contributed by atoms with Gasteiger partial charge in [0.15, 0.2) is 0 Å². The maximum Gasteiger partial charge on any atom is 0.432 e. The summed E-state index contributed by atoms with van der Waals surface area (Å²) in [6.45, 7) is 0. The zero-order chi connectivity index (χ0) is 25.4. The number of phenolic OH excluding ortho intramolecular Hbond substituents is 1. The van der Waals surface area contributed by atoms with Gasteiger partial charge >= 0.3 is 27.5 Å². The van der Waals surface area contributed by atoms with Crippen LogP contribution in [0.1, 0.15) is 36.0 Å². The summed E-state index contributed by atoms with van der Waals surface area (Å²) in [5.41, 5.74) is -0.171. The lowest BCUT2D eigenvalue weighted by Crippen LogP contribution is -2.54. The highest BCUT2D eigenvalue weighted by molar-refractivity contribution is 14.1. The van der Waals surface area contributed by atoms with Gasteiger partial charge in [0.05, 0.1) is 15.1 Å². The Hall–Kier alpha value is -1.02. The topological polar surface area (TPSA) is 130 Å². The van der Waals surface area contributed by atoms with Crippen LogP contribution in [0.15, 0.2) is 12.1 Å². The van der Waals surface area contributed by atoms with Crippen LogP contribution >= 0.6 is 45.2 Å². The van der Waals surface area contributed by atoms with Crippen LogP contribution in [0, 0.1) is 13.1 Å². The van der Waals surface area contributed by atoms with Crippen LogP contribution in [0.4, 0.5) is 22.0 Å². The first kappa shape index (κ1) is 28.2. The molecule has 3 unspecified atom stereocenters. The Bertz CT molecular complexity index is 1040. The van der Waals surface area contributed by atoms with Crippen LogP contribution in [0.5, 0.6) is 5.75 Å². The van der Waals surface area contributed by atoms with Crippen LogP contribution < -0.4 is 5.32 Å². The first-order valence-electron chi connectivity index (χ1n) is 9.07. The largest absolute Gasteiger partial charge is 0.506 e. The molecule has 1 aromatic carbocycles. The number of phenols is 1. The summed E-state index contributed by atoms with van der Waals surface area (Å²) in [4.78, 5) is 25.0. The average molecular weight is 727 g/mol. The van der Waals surface area contributed by atoms with E-state index in [1.54, 1.807) is 28.7 Å². The molecule has 33 heavy (non-hydrogen) atoms. The van der Waals surface area contributed by atoms with Crippen molar-refractivity contribution >= 4 is 67.2 Å². The van der Waals surface area contributed by atoms with E-state index >= 15 is 0 Å². The molecule has 3 N–H and O–H groups in total. The molecule has 1 aromatic rings. The Kier molecular flexibility index (Phi) is 8.81. The number of benzene rings is 1. The fourth-order valence-electron chi connectivity index (χ4n) is 3.24. The van der Waals surface area contributed by atoms with Gasteiger partial charge in [-0.1, -0.05) is 12.8 Å². The molecule has 186 valence electrons. The van der Waals surface area contributed by atoms with Crippen LogP contribution in [0.2, 0.25) is 0 Å². The van der Waals surface area contributed by atoms with E-state index in [9.17, 15) is 45.1 Å². The summed E-state index contributed by atoms with van der Waals surface area (Å²) in [5.74, 6) is -4.54. The Morgan fingerprint density at radius 2 is 1.70 bits per heavy atom. The molecule has 1 fully saturated rings. The second-order valence-electron chi connectivity index (χ2n) is 7.15. The first-order valence-corrected chi connectivity index (χ1v) is 12.7. The fourth-order valence-corrected chi connectivity index (χ4v) is 5.53. The smallest absolute Gasteiger partial charge is 0.432 e. The molecule has 0 aromatic heterocycles. The number of hydrogen-bond acceptors (Lipinski definition) is 6. The van der Waals surface area contributed by atoms with Gasteiger partial charge in [0, 0.05) is 9.61 Å². The highest BCUT2D eigenvalue weighted by Crippen LogP contribution is 2.39. The number of aromatic hydroxyl groups is 1. The number of nitrogens with one attached hydrogen (secondary N) is 1. The number of ether oxygens (including phenoxy) is 1. The lowest BCUT2D eigenvalue weighted by Gasteiger charge is -2.33. The minimum Gasteiger partial charge on any atom is -0.506 e. The number of carbonyl (C=O) groups is 2. The minimum atomic E-state index is -6.57. The van der Waals surface area contributed by atoms with Gasteiger partial charge in [-0.25, -0.2) is 0 Å². The number of amides is 1. The van der Waals surface area contributed by atoms with Gasteiger partial charge < -0.3 is 15.2 Å². The van der Waals surface area contributed by atoms with Crippen molar-refractivity contribution in [2.45, 2.75) is 49.3 Å². The highest BCUT2D eigenvalue weighted by atomic mass is 127. The molecule has 1 aliphatic carbocycles. The molecular weight excluding hydrogens is 711 g/mol. The second-order valence-corrected chi connectivity index (χ2v) is 11.1. The minimum absolute atomic E-state index is 0.0820. The molecule has 0 saturated heterocycles. The molecule has 8 nitrogen and oxygen atoms in total. The van der Waals surface area contributed by atoms with Crippen molar-refractivity contribution in [1.29, 1.82) is 0 Å². The normalized spacial score (nSPS) is 20.7. The number of esters is 1. The third-order valence-electron chi connectivity index (χ3n) is 4.84. The van der Waals surface area contributed by atoms with E-state index in [-0.39, 0.29) is 24.2 Å². The van der Waals surface area contributed by atoms with Gasteiger partial charge in [-0.15, -0.1) is 0 Å².